The van der Waals surface area contributed by atoms with Gasteiger partial charge in [0.2, 0.25) is 0 Å². The first-order valence-electron chi connectivity index (χ1n) is 4.90. The number of hydrogen-bond acceptors (Lipinski definition) is 2. The third kappa shape index (κ3) is 1.76. The number of aromatic nitrogens is 1. The van der Waals surface area contributed by atoms with Gasteiger partial charge >= 0.3 is 0 Å². The molecule has 1 aromatic rings. The molecule has 3 nitrogen and oxygen atoms in total. The highest BCUT2D eigenvalue weighted by atomic mass is 15.2. The van der Waals surface area contributed by atoms with Gasteiger partial charge in [0, 0.05) is 37.1 Å². The Balaban J connectivity index is 2.02. The monoisotopic (exact) mass is 179 g/mol. The smallest absolute Gasteiger partial charge is 0.0470 e. The van der Waals surface area contributed by atoms with Crippen molar-refractivity contribution in [3.05, 3.63) is 24.0 Å². The SMILES string of the molecule is CC(c1ccc[nH]1)N1CCC(N)C1. The first kappa shape index (κ1) is 8.78. The lowest BCUT2D eigenvalue weighted by atomic mass is 10.2. The summed E-state index contributed by atoms with van der Waals surface area (Å²) in [4.78, 5) is 5.67. The molecule has 3 N–H and O–H groups in total. The van der Waals surface area contributed by atoms with Gasteiger partial charge in [-0.2, -0.15) is 0 Å². The zero-order valence-corrected chi connectivity index (χ0v) is 8.03. The quantitative estimate of drug-likeness (QED) is 0.714. The van der Waals surface area contributed by atoms with Crippen LogP contribution in [0.2, 0.25) is 0 Å². The molecule has 2 heterocycles. The number of nitrogens with two attached hydrogens (primary N) is 1. The summed E-state index contributed by atoms with van der Waals surface area (Å²) in [5, 5.41) is 0. The Kier molecular flexibility index (Phi) is 2.38. The summed E-state index contributed by atoms with van der Waals surface area (Å²) in [5.74, 6) is 0. The van der Waals surface area contributed by atoms with Crippen molar-refractivity contribution in [2.24, 2.45) is 5.73 Å². The minimum absolute atomic E-state index is 0.373. The highest BCUT2D eigenvalue weighted by Gasteiger charge is 2.24. The zero-order valence-electron chi connectivity index (χ0n) is 8.03. The van der Waals surface area contributed by atoms with E-state index in [0.717, 1.165) is 19.5 Å². The maximum Gasteiger partial charge on any atom is 0.0470 e. The summed E-state index contributed by atoms with van der Waals surface area (Å²) in [6.07, 6.45) is 3.10. The van der Waals surface area contributed by atoms with Crippen molar-refractivity contribution < 1.29 is 0 Å². The summed E-state index contributed by atoms with van der Waals surface area (Å²) in [6, 6.07) is 5.03. The molecule has 1 fully saturated rings. The maximum absolute atomic E-state index is 5.86. The second kappa shape index (κ2) is 3.52. The molecule has 2 rings (SSSR count). The summed E-state index contributed by atoms with van der Waals surface area (Å²) >= 11 is 0. The van der Waals surface area contributed by atoms with Crippen molar-refractivity contribution >= 4 is 0 Å². The molecule has 1 aliphatic heterocycles. The average Bonchev–Trinajstić information content (AvgIpc) is 2.72. The van der Waals surface area contributed by atoms with Gasteiger partial charge in [-0.15, -0.1) is 0 Å². The fraction of sp³-hybridized carbons (Fsp3) is 0.600. The van der Waals surface area contributed by atoms with Crippen LogP contribution < -0.4 is 5.73 Å². The first-order chi connectivity index (χ1) is 6.27. The van der Waals surface area contributed by atoms with Crippen LogP contribution in [0, 0.1) is 0 Å². The molecule has 0 aliphatic carbocycles. The summed E-state index contributed by atoms with van der Waals surface area (Å²) < 4.78 is 0. The summed E-state index contributed by atoms with van der Waals surface area (Å²) in [5.41, 5.74) is 7.15. The fourth-order valence-corrected chi connectivity index (χ4v) is 1.97. The van der Waals surface area contributed by atoms with Gasteiger partial charge in [-0.05, 0) is 25.5 Å². The van der Waals surface area contributed by atoms with Crippen molar-refractivity contribution in [3.8, 4) is 0 Å². The van der Waals surface area contributed by atoms with Crippen molar-refractivity contribution in [1.82, 2.24) is 9.88 Å². The van der Waals surface area contributed by atoms with Crippen LogP contribution in [0.5, 0.6) is 0 Å². The number of H-pyrrole nitrogens is 1. The fourth-order valence-electron chi connectivity index (χ4n) is 1.97. The molecule has 2 atom stereocenters. The third-order valence-corrected chi connectivity index (χ3v) is 2.88. The molecule has 0 amide bonds. The van der Waals surface area contributed by atoms with Crippen molar-refractivity contribution in [2.75, 3.05) is 13.1 Å². The van der Waals surface area contributed by atoms with Gasteiger partial charge in [-0.25, -0.2) is 0 Å². The molecule has 0 bridgehead atoms. The second-order valence-corrected chi connectivity index (χ2v) is 3.85. The van der Waals surface area contributed by atoms with Gasteiger partial charge in [-0.1, -0.05) is 0 Å². The number of rotatable bonds is 2. The molecule has 1 aliphatic rings. The Morgan fingerprint density at radius 2 is 2.54 bits per heavy atom. The predicted molar refractivity (Wildman–Crippen MR) is 53.4 cm³/mol. The molecular weight excluding hydrogens is 162 g/mol. The van der Waals surface area contributed by atoms with E-state index in [2.05, 4.69) is 22.9 Å². The number of aromatic amines is 1. The standard InChI is InChI=1S/C10H17N3/c1-8(10-3-2-5-12-10)13-6-4-9(11)7-13/h2-3,5,8-9,12H,4,6-7,11H2,1H3. The van der Waals surface area contributed by atoms with Gasteiger partial charge < -0.3 is 10.7 Å². The van der Waals surface area contributed by atoms with Crippen molar-refractivity contribution in [3.63, 3.8) is 0 Å². The summed E-state index contributed by atoms with van der Waals surface area (Å²) in [7, 11) is 0. The lowest BCUT2D eigenvalue weighted by molar-refractivity contribution is 0.256. The topological polar surface area (TPSA) is 45.0 Å². The molecule has 0 radical (unpaired) electrons. The largest absolute Gasteiger partial charge is 0.364 e. The highest BCUT2D eigenvalue weighted by molar-refractivity contribution is 5.09. The van der Waals surface area contributed by atoms with Gasteiger partial charge in [0.15, 0.2) is 0 Å². The number of nitrogens with zero attached hydrogens (tertiary/aromatic N) is 1. The van der Waals surface area contributed by atoms with Crippen LogP contribution in [-0.4, -0.2) is 29.0 Å². The van der Waals surface area contributed by atoms with Crippen LogP contribution in [0.4, 0.5) is 0 Å². The van der Waals surface area contributed by atoms with Gasteiger partial charge in [0.1, 0.15) is 0 Å². The van der Waals surface area contributed by atoms with Crippen LogP contribution in [0.15, 0.2) is 18.3 Å². The number of likely N-dealkylation sites (tertiary alicyclic amines) is 1. The molecule has 0 saturated carbocycles. The highest BCUT2D eigenvalue weighted by Crippen LogP contribution is 2.22. The molecular formula is C10H17N3. The van der Waals surface area contributed by atoms with E-state index in [-0.39, 0.29) is 0 Å². The van der Waals surface area contributed by atoms with E-state index in [1.54, 1.807) is 0 Å². The molecule has 1 aromatic heterocycles. The minimum atomic E-state index is 0.373. The lowest BCUT2D eigenvalue weighted by Gasteiger charge is -2.22. The Bertz CT molecular complexity index is 255. The van der Waals surface area contributed by atoms with Crippen molar-refractivity contribution in [1.29, 1.82) is 0 Å². The van der Waals surface area contributed by atoms with Crippen LogP contribution in [0.25, 0.3) is 0 Å². The van der Waals surface area contributed by atoms with E-state index in [4.69, 9.17) is 5.73 Å². The third-order valence-electron chi connectivity index (χ3n) is 2.88. The van der Waals surface area contributed by atoms with Crippen LogP contribution >= 0.6 is 0 Å². The average molecular weight is 179 g/mol. The second-order valence-electron chi connectivity index (χ2n) is 3.85. The van der Waals surface area contributed by atoms with E-state index in [0.29, 0.717) is 12.1 Å². The molecule has 0 aromatic carbocycles. The normalized spacial score (nSPS) is 26.5. The van der Waals surface area contributed by atoms with E-state index in [1.165, 1.54) is 5.69 Å². The first-order valence-corrected chi connectivity index (χ1v) is 4.90. The Morgan fingerprint density at radius 3 is 3.08 bits per heavy atom. The molecule has 72 valence electrons. The maximum atomic E-state index is 5.86. The lowest BCUT2D eigenvalue weighted by Crippen LogP contribution is -2.28. The molecule has 13 heavy (non-hydrogen) atoms. The molecule has 0 spiro atoms. The van der Waals surface area contributed by atoms with Crippen LogP contribution in [-0.2, 0) is 0 Å². The predicted octanol–water partition coefficient (Wildman–Crippen LogP) is 1.11. The molecule has 1 saturated heterocycles. The molecule has 3 heteroatoms. The van der Waals surface area contributed by atoms with E-state index in [1.807, 2.05) is 12.3 Å². The van der Waals surface area contributed by atoms with Gasteiger partial charge in [0.05, 0.1) is 0 Å². The number of nitrogens with one attached hydrogen (secondary N) is 1. The van der Waals surface area contributed by atoms with E-state index in [9.17, 15) is 0 Å². The Morgan fingerprint density at radius 1 is 1.69 bits per heavy atom. The number of hydrogen-bond donors (Lipinski definition) is 2. The van der Waals surface area contributed by atoms with Crippen molar-refractivity contribution in [2.45, 2.75) is 25.4 Å². The van der Waals surface area contributed by atoms with E-state index >= 15 is 0 Å². The van der Waals surface area contributed by atoms with Crippen LogP contribution in [0.3, 0.4) is 0 Å². The Labute approximate surface area is 78.9 Å². The van der Waals surface area contributed by atoms with Gasteiger partial charge in [0.25, 0.3) is 0 Å². The zero-order chi connectivity index (χ0) is 9.26. The minimum Gasteiger partial charge on any atom is -0.364 e. The van der Waals surface area contributed by atoms with Gasteiger partial charge in [-0.3, -0.25) is 4.90 Å². The molecule has 2 unspecified atom stereocenters. The van der Waals surface area contributed by atoms with E-state index < -0.39 is 0 Å². The Hall–Kier alpha value is -0.800. The summed E-state index contributed by atoms with van der Waals surface area (Å²) in [6.45, 7) is 4.38. The van der Waals surface area contributed by atoms with Crippen LogP contribution in [0.1, 0.15) is 25.1 Å².